The number of ketones is 1. The summed E-state index contributed by atoms with van der Waals surface area (Å²) in [6, 6.07) is 26.9. The molecule has 0 radical (unpaired) electrons. The zero-order valence-electron chi connectivity index (χ0n) is 27.3. The van der Waals surface area contributed by atoms with Crippen LogP contribution in [0.3, 0.4) is 0 Å². The summed E-state index contributed by atoms with van der Waals surface area (Å²) in [6.07, 6.45) is 3.90. The van der Waals surface area contributed by atoms with Gasteiger partial charge in [-0.15, -0.1) is 11.3 Å². The number of carboxylic acid groups (broad SMARTS) is 1. The van der Waals surface area contributed by atoms with Crippen molar-refractivity contribution in [3.63, 3.8) is 0 Å². The SMILES string of the molecule is Cc1cc(-c2ccccc2)ccc1-c1cnc(-c2ccc(C[C@H](CC(=O)c3ccc(C(C)(C)C)s3)C(=O)N[C@H](C)C(=O)O)cc2)nc1. The molecular weight excluding hydrogens is 607 g/mol. The third-order valence-corrected chi connectivity index (χ3v) is 9.69. The Morgan fingerprint density at radius 1 is 0.830 bits per heavy atom. The molecular formula is C39H39N3O4S. The number of aliphatic carboxylic acids is 1. The van der Waals surface area contributed by atoms with Gasteiger partial charge in [0.1, 0.15) is 6.04 Å². The van der Waals surface area contributed by atoms with Crippen LogP contribution in [-0.4, -0.2) is 38.8 Å². The molecule has 5 rings (SSSR count). The van der Waals surface area contributed by atoms with E-state index in [1.807, 2.05) is 67.0 Å². The van der Waals surface area contributed by atoms with E-state index in [9.17, 15) is 19.5 Å². The molecule has 0 saturated heterocycles. The summed E-state index contributed by atoms with van der Waals surface area (Å²) in [5.41, 5.74) is 7.04. The number of Topliss-reactive ketones (excluding diaryl/α,β-unsaturated/α-hetero) is 1. The second-order valence-electron chi connectivity index (χ2n) is 12.9. The fraction of sp³-hybridized carbons (Fsp3) is 0.256. The number of carbonyl (C=O) groups excluding carboxylic acids is 2. The van der Waals surface area contributed by atoms with Gasteiger partial charge in [0.2, 0.25) is 5.91 Å². The minimum absolute atomic E-state index is 0.0274. The molecule has 8 heteroatoms. The minimum Gasteiger partial charge on any atom is -0.480 e. The first-order valence-electron chi connectivity index (χ1n) is 15.6. The Hall–Kier alpha value is -4.95. The number of thiophene rings is 1. The van der Waals surface area contributed by atoms with Crippen LogP contribution in [0.1, 0.15) is 59.8 Å². The van der Waals surface area contributed by atoms with Crippen molar-refractivity contribution in [2.24, 2.45) is 5.92 Å². The number of carboxylic acids is 1. The van der Waals surface area contributed by atoms with E-state index in [1.54, 1.807) is 0 Å². The molecule has 2 atom stereocenters. The van der Waals surface area contributed by atoms with Crippen LogP contribution in [0.5, 0.6) is 0 Å². The van der Waals surface area contributed by atoms with Crippen LogP contribution in [0.25, 0.3) is 33.6 Å². The van der Waals surface area contributed by atoms with Crippen molar-refractivity contribution in [3.8, 4) is 33.6 Å². The lowest BCUT2D eigenvalue weighted by atomic mass is 9.92. The second-order valence-corrected chi connectivity index (χ2v) is 14.0. The largest absolute Gasteiger partial charge is 0.480 e. The standard InChI is InChI=1S/C39H39N3O4S/c1-24-19-29(27-9-7-6-8-10-27)15-16-32(24)31-22-40-36(41-23-31)28-13-11-26(12-14-28)20-30(37(44)42-25(2)38(45)46)21-33(43)34-17-18-35(47-34)39(3,4)5/h6-19,22-23,25,30H,20-21H2,1-5H3,(H,42,44)(H,45,46)/t25-,30-/m1/s1. The molecule has 0 bridgehead atoms. The highest BCUT2D eigenvalue weighted by Gasteiger charge is 2.27. The van der Waals surface area contributed by atoms with Gasteiger partial charge in [-0.2, -0.15) is 0 Å². The molecule has 2 heterocycles. The zero-order chi connectivity index (χ0) is 33.7. The Morgan fingerprint density at radius 2 is 1.49 bits per heavy atom. The summed E-state index contributed by atoms with van der Waals surface area (Å²) in [4.78, 5) is 48.8. The summed E-state index contributed by atoms with van der Waals surface area (Å²) < 4.78 is 0. The first-order valence-corrected chi connectivity index (χ1v) is 16.4. The Bertz CT molecular complexity index is 1870. The molecule has 0 aliphatic rings. The van der Waals surface area contributed by atoms with E-state index >= 15 is 0 Å². The molecule has 0 saturated carbocycles. The van der Waals surface area contributed by atoms with E-state index in [0.29, 0.717) is 10.7 Å². The van der Waals surface area contributed by atoms with Crippen molar-refractivity contribution in [2.45, 2.75) is 58.9 Å². The van der Waals surface area contributed by atoms with Crippen molar-refractivity contribution < 1.29 is 19.5 Å². The molecule has 0 unspecified atom stereocenters. The number of nitrogens with zero attached hydrogens (tertiary/aromatic N) is 2. The average molecular weight is 646 g/mol. The van der Waals surface area contributed by atoms with Crippen LogP contribution in [0.2, 0.25) is 0 Å². The number of rotatable bonds is 11. The van der Waals surface area contributed by atoms with Gasteiger partial charge in [-0.05, 0) is 65.6 Å². The smallest absolute Gasteiger partial charge is 0.325 e. The summed E-state index contributed by atoms with van der Waals surface area (Å²) in [5.74, 6) is -1.89. The summed E-state index contributed by atoms with van der Waals surface area (Å²) >= 11 is 1.44. The zero-order valence-corrected chi connectivity index (χ0v) is 28.1. The molecule has 3 aromatic carbocycles. The molecule has 2 N–H and O–H groups in total. The Morgan fingerprint density at radius 3 is 2.09 bits per heavy atom. The number of benzene rings is 3. The third-order valence-electron chi connectivity index (χ3n) is 8.14. The predicted molar refractivity (Wildman–Crippen MR) is 187 cm³/mol. The lowest BCUT2D eigenvalue weighted by molar-refractivity contribution is -0.141. The molecule has 0 aliphatic carbocycles. The number of aromatic nitrogens is 2. The molecule has 7 nitrogen and oxygen atoms in total. The van der Waals surface area contributed by atoms with Crippen molar-refractivity contribution in [1.29, 1.82) is 0 Å². The van der Waals surface area contributed by atoms with E-state index in [4.69, 9.17) is 0 Å². The van der Waals surface area contributed by atoms with Crippen molar-refractivity contribution in [1.82, 2.24) is 15.3 Å². The lowest BCUT2D eigenvalue weighted by Crippen LogP contribution is -2.42. The van der Waals surface area contributed by atoms with E-state index < -0.39 is 23.8 Å². The van der Waals surface area contributed by atoms with Gasteiger partial charge < -0.3 is 10.4 Å². The van der Waals surface area contributed by atoms with Crippen LogP contribution in [0.15, 0.2) is 97.3 Å². The monoisotopic (exact) mass is 645 g/mol. The maximum absolute atomic E-state index is 13.3. The highest BCUT2D eigenvalue weighted by atomic mass is 32.1. The normalized spacial score (nSPS) is 12.7. The Kier molecular flexibility index (Phi) is 10.1. The molecule has 0 fully saturated rings. The Labute approximate surface area is 279 Å². The summed E-state index contributed by atoms with van der Waals surface area (Å²) in [5, 5.41) is 11.9. The average Bonchev–Trinajstić information content (AvgIpc) is 3.57. The van der Waals surface area contributed by atoms with Crippen LogP contribution in [0.4, 0.5) is 0 Å². The topological polar surface area (TPSA) is 109 Å². The minimum atomic E-state index is -1.13. The van der Waals surface area contributed by atoms with Gasteiger partial charge in [0.05, 0.1) is 4.88 Å². The van der Waals surface area contributed by atoms with Crippen molar-refractivity contribution >= 4 is 29.0 Å². The van der Waals surface area contributed by atoms with Crippen LogP contribution in [-0.2, 0) is 21.4 Å². The summed E-state index contributed by atoms with van der Waals surface area (Å²) in [7, 11) is 0. The molecule has 0 aliphatic heterocycles. The van der Waals surface area contributed by atoms with Gasteiger partial charge >= 0.3 is 5.97 Å². The van der Waals surface area contributed by atoms with Gasteiger partial charge in [0.15, 0.2) is 11.6 Å². The van der Waals surface area contributed by atoms with E-state index in [-0.39, 0.29) is 24.0 Å². The molecule has 47 heavy (non-hydrogen) atoms. The fourth-order valence-corrected chi connectivity index (χ4v) is 6.37. The molecule has 240 valence electrons. The van der Waals surface area contributed by atoms with Crippen LogP contribution in [0, 0.1) is 12.8 Å². The van der Waals surface area contributed by atoms with Crippen LogP contribution >= 0.6 is 11.3 Å². The molecule has 5 aromatic rings. The third kappa shape index (κ3) is 8.26. The predicted octanol–water partition coefficient (Wildman–Crippen LogP) is 8.17. The van der Waals surface area contributed by atoms with Gasteiger partial charge in [-0.3, -0.25) is 14.4 Å². The highest BCUT2D eigenvalue weighted by Crippen LogP contribution is 2.32. The highest BCUT2D eigenvalue weighted by molar-refractivity contribution is 7.14. The number of nitrogens with one attached hydrogen (secondary N) is 1. The number of aryl methyl sites for hydroxylation is 1. The van der Waals surface area contributed by atoms with E-state index in [1.165, 1.54) is 23.8 Å². The molecule has 1 amide bonds. The lowest BCUT2D eigenvalue weighted by Gasteiger charge is -2.18. The van der Waals surface area contributed by atoms with Gasteiger partial charge in [0, 0.05) is 40.7 Å². The Balaban J connectivity index is 1.30. The second kappa shape index (κ2) is 14.2. The van der Waals surface area contributed by atoms with Crippen molar-refractivity contribution in [3.05, 3.63) is 118 Å². The summed E-state index contributed by atoms with van der Waals surface area (Å²) in [6.45, 7) is 9.76. The maximum Gasteiger partial charge on any atom is 0.325 e. The number of amides is 1. The van der Waals surface area contributed by atoms with Crippen molar-refractivity contribution in [2.75, 3.05) is 0 Å². The number of hydrogen-bond donors (Lipinski definition) is 2. The van der Waals surface area contributed by atoms with E-state index in [2.05, 4.69) is 73.3 Å². The number of hydrogen-bond acceptors (Lipinski definition) is 6. The molecule has 0 spiro atoms. The van der Waals surface area contributed by atoms with Gasteiger partial charge in [-0.1, -0.05) is 93.6 Å². The molecule has 2 aromatic heterocycles. The van der Waals surface area contributed by atoms with E-state index in [0.717, 1.165) is 38.3 Å². The van der Waals surface area contributed by atoms with Gasteiger partial charge in [0.25, 0.3) is 0 Å². The van der Waals surface area contributed by atoms with Crippen LogP contribution < -0.4 is 5.32 Å². The number of carbonyl (C=O) groups is 3. The van der Waals surface area contributed by atoms with Gasteiger partial charge in [-0.25, -0.2) is 9.97 Å². The fourth-order valence-electron chi connectivity index (χ4n) is 5.35. The first kappa shape index (κ1) is 33.4. The maximum atomic E-state index is 13.3. The first-order chi connectivity index (χ1) is 22.4. The quantitative estimate of drug-likeness (QED) is 0.140.